The van der Waals surface area contributed by atoms with Crippen LogP contribution < -0.4 is 11.3 Å². The first-order chi connectivity index (χ1) is 8.70. The summed E-state index contributed by atoms with van der Waals surface area (Å²) >= 11 is 5.74. The molecule has 1 aromatic carbocycles. The second-order valence-corrected chi connectivity index (χ2v) is 5.10. The van der Waals surface area contributed by atoms with Gasteiger partial charge >= 0.3 is 0 Å². The van der Waals surface area contributed by atoms with Gasteiger partial charge in [0, 0.05) is 24.3 Å². The number of ether oxygens (including phenoxy) is 1. The van der Waals surface area contributed by atoms with Gasteiger partial charge in [-0.05, 0) is 42.9 Å². The minimum absolute atomic E-state index is 0.0737. The summed E-state index contributed by atoms with van der Waals surface area (Å²) in [4.78, 5) is 0. The monoisotopic (exact) mass is 272 g/mol. The Kier molecular flexibility index (Phi) is 4.95. The van der Waals surface area contributed by atoms with E-state index in [-0.39, 0.29) is 11.9 Å². The molecule has 0 bridgehead atoms. The van der Waals surface area contributed by atoms with Crippen molar-refractivity contribution in [2.45, 2.75) is 25.3 Å². The second-order valence-electron chi connectivity index (χ2n) is 4.66. The van der Waals surface area contributed by atoms with Gasteiger partial charge in [-0.15, -0.1) is 0 Å². The zero-order chi connectivity index (χ0) is 13.0. The molecule has 3 nitrogen and oxygen atoms in total. The van der Waals surface area contributed by atoms with Crippen molar-refractivity contribution in [1.29, 1.82) is 0 Å². The molecule has 1 saturated heterocycles. The molecule has 100 valence electrons. The van der Waals surface area contributed by atoms with E-state index in [1.807, 2.05) is 0 Å². The highest BCUT2D eigenvalue weighted by atomic mass is 35.5. The van der Waals surface area contributed by atoms with Crippen molar-refractivity contribution < 1.29 is 9.13 Å². The minimum Gasteiger partial charge on any atom is -0.381 e. The van der Waals surface area contributed by atoms with Crippen LogP contribution in [0.4, 0.5) is 4.39 Å². The molecule has 0 aliphatic carbocycles. The predicted octanol–water partition coefficient (Wildman–Crippen LogP) is 2.28. The molecule has 1 aliphatic heterocycles. The van der Waals surface area contributed by atoms with E-state index in [0.29, 0.717) is 22.9 Å². The molecule has 5 heteroatoms. The van der Waals surface area contributed by atoms with E-state index in [4.69, 9.17) is 22.2 Å². The number of halogens is 2. The fourth-order valence-corrected chi connectivity index (χ4v) is 2.56. The van der Waals surface area contributed by atoms with Crippen LogP contribution in [0, 0.1) is 11.7 Å². The van der Waals surface area contributed by atoms with E-state index in [9.17, 15) is 4.39 Å². The number of hydrazine groups is 1. The van der Waals surface area contributed by atoms with Crippen molar-refractivity contribution in [3.8, 4) is 0 Å². The molecule has 0 radical (unpaired) electrons. The zero-order valence-electron chi connectivity index (χ0n) is 10.2. The van der Waals surface area contributed by atoms with Gasteiger partial charge in [0.2, 0.25) is 0 Å². The fraction of sp³-hybridized carbons (Fsp3) is 0.538. The summed E-state index contributed by atoms with van der Waals surface area (Å²) in [6, 6.07) is 4.84. The molecule has 3 N–H and O–H groups in total. The van der Waals surface area contributed by atoms with Crippen LogP contribution in [-0.4, -0.2) is 19.3 Å². The largest absolute Gasteiger partial charge is 0.381 e. The van der Waals surface area contributed by atoms with Crippen LogP contribution in [0.2, 0.25) is 5.02 Å². The van der Waals surface area contributed by atoms with Crippen molar-refractivity contribution >= 4 is 11.6 Å². The summed E-state index contributed by atoms with van der Waals surface area (Å²) < 4.78 is 19.1. The lowest BCUT2D eigenvalue weighted by atomic mass is 9.88. The highest BCUT2D eigenvalue weighted by Crippen LogP contribution is 2.23. The molecular weight excluding hydrogens is 255 g/mol. The van der Waals surface area contributed by atoms with Crippen molar-refractivity contribution in [2.24, 2.45) is 11.8 Å². The highest BCUT2D eigenvalue weighted by molar-refractivity contribution is 6.30. The van der Waals surface area contributed by atoms with Crippen molar-refractivity contribution in [3.05, 3.63) is 34.6 Å². The summed E-state index contributed by atoms with van der Waals surface area (Å²) in [6.07, 6.45) is 2.50. The van der Waals surface area contributed by atoms with E-state index in [1.165, 1.54) is 6.07 Å². The Morgan fingerprint density at radius 3 is 2.78 bits per heavy atom. The number of benzene rings is 1. The van der Waals surface area contributed by atoms with Crippen LogP contribution in [0.15, 0.2) is 18.2 Å². The van der Waals surface area contributed by atoms with Gasteiger partial charge in [-0.2, -0.15) is 0 Å². The third-order valence-corrected chi connectivity index (χ3v) is 3.74. The lowest BCUT2D eigenvalue weighted by molar-refractivity contribution is 0.0537. The van der Waals surface area contributed by atoms with Crippen molar-refractivity contribution in [1.82, 2.24) is 5.43 Å². The molecule has 1 atom stereocenters. The Morgan fingerprint density at radius 1 is 1.44 bits per heavy atom. The van der Waals surface area contributed by atoms with Gasteiger partial charge < -0.3 is 4.74 Å². The molecule has 0 amide bonds. The standard InChI is InChI=1S/C13H18ClFN2O/c14-11-2-1-10(12(15)8-11)7-13(17-16)9-3-5-18-6-4-9/h1-2,8-9,13,17H,3-7,16H2. The van der Waals surface area contributed by atoms with Gasteiger partial charge in [0.05, 0.1) is 0 Å². The van der Waals surface area contributed by atoms with Gasteiger partial charge in [-0.25, -0.2) is 4.39 Å². The third-order valence-electron chi connectivity index (χ3n) is 3.50. The molecule has 1 aromatic rings. The van der Waals surface area contributed by atoms with Gasteiger partial charge in [0.25, 0.3) is 0 Å². The fourth-order valence-electron chi connectivity index (χ4n) is 2.40. The number of nitrogens with one attached hydrogen (secondary N) is 1. The maximum Gasteiger partial charge on any atom is 0.127 e. The normalized spacial score (nSPS) is 18.8. The van der Waals surface area contributed by atoms with Gasteiger partial charge in [0.15, 0.2) is 0 Å². The number of nitrogens with two attached hydrogens (primary N) is 1. The van der Waals surface area contributed by atoms with E-state index in [1.54, 1.807) is 12.1 Å². The molecular formula is C13H18ClFN2O. The van der Waals surface area contributed by atoms with Crippen LogP contribution >= 0.6 is 11.6 Å². The van der Waals surface area contributed by atoms with Crippen LogP contribution in [0.3, 0.4) is 0 Å². The number of hydrogen-bond donors (Lipinski definition) is 2. The molecule has 0 saturated carbocycles. The number of rotatable bonds is 4. The molecule has 0 spiro atoms. The smallest absolute Gasteiger partial charge is 0.127 e. The Balaban J connectivity index is 2.04. The van der Waals surface area contributed by atoms with Crippen LogP contribution in [-0.2, 0) is 11.2 Å². The first-order valence-electron chi connectivity index (χ1n) is 6.18. The van der Waals surface area contributed by atoms with Gasteiger partial charge in [0.1, 0.15) is 5.82 Å². The summed E-state index contributed by atoms with van der Waals surface area (Å²) in [5.41, 5.74) is 3.45. The van der Waals surface area contributed by atoms with E-state index < -0.39 is 0 Å². The molecule has 0 aromatic heterocycles. The van der Waals surface area contributed by atoms with Crippen LogP contribution in [0.5, 0.6) is 0 Å². The minimum atomic E-state index is -0.269. The van der Waals surface area contributed by atoms with Crippen molar-refractivity contribution in [2.75, 3.05) is 13.2 Å². The maximum absolute atomic E-state index is 13.7. The first kappa shape index (κ1) is 13.7. The van der Waals surface area contributed by atoms with Crippen LogP contribution in [0.1, 0.15) is 18.4 Å². The average Bonchev–Trinajstić information content (AvgIpc) is 2.39. The van der Waals surface area contributed by atoms with E-state index >= 15 is 0 Å². The van der Waals surface area contributed by atoms with Gasteiger partial charge in [-0.1, -0.05) is 17.7 Å². The topological polar surface area (TPSA) is 47.3 Å². The lowest BCUT2D eigenvalue weighted by Crippen LogP contribution is -2.44. The molecule has 1 heterocycles. The molecule has 1 unspecified atom stereocenters. The average molecular weight is 273 g/mol. The SMILES string of the molecule is NNC(Cc1ccc(Cl)cc1F)C1CCOCC1. The summed E-state index contributed by atoms with van der Waals surface area (Å²) in [6.45, 7) is 1.51. The Bertz CT molecular complexity index is 397. The zero-order valence-corrected chi connectivity index (χ0v) is 10.9. The maximum atomic E-state index is 13.7. The number of hydrogen-bond acceptors (Lipinski definition) is 3. The van der Waals surface area contributed by atoms with Gasteiger partial charge in [-0.3, -0.25) is 11.3 Å². The quantitative estimate of drug-likeness (QED) is 0.653. The Hall–Kier alpha value is -0.680. The Morgan fingerprint density at radius 2 is 2.17 bits per heavy atom. The van der Waals surface area contributed by atoms with E-state index in [0.717, 1.165) is 26.1 Å². The summed E-state index contributed by atoms with van der Waals surface area (Å²) in [7, 11) is 0. The summed E-state index contributed by atoms with van der Waals surface area (Å²) in [5, 5.41) is 0.416. The summed E-state index contributed by atoms with van der Waals surface area (Å²) in [5.74, 6) is 5.75. The predicted molar refractivity (Wildman–Crippen MR) is 69.8 cm³/mol. The van der Waals surface area contributed by atoms with Crippen molar-refractivity contribution in [3.63, 3.8) is 0 Å². The highest BCUT2D eigenvalue weighted by Gasteiger charge is 2.24. The Labute approximate surface area is 111 Å². The molecule has 2 rings (SSSR count). The lowest BCUT2D eigenvalue weighted by Gasteiger charge is -2.30. The van der Waals surface area contributed by atoms with E-state index in [2.05, 4.69) is 5.43 Å². The first-order valence-corrected chi connectivity index (χ1v) is 6.56. The third kappa shape index (κ3) is 3.42. The molecule has 18 heavy (non-hydrogen) atoms. The molecule has 1 fully saturated rings. The van der Waals surface area contributed by atoms with Crippen LogP contribution in [0.25, 0.3) is 0 Å². The molecule has 1 aliphatic rings. The second kappa shape index (κ2) is 6.48.